The molecule has 1 aromatic rings. The summed E-state index contributed by atoms with van der Waals surface area (Å²) in [6.07, 6.45) is 0. The minimum Gasteiger partial charge on any atom is -0.846 e. The van der Waals surface area contributed by atoms with Gasteiger partial charge in [0.25, 0.3) is 5.91 Å². The Bertz CT molecular complexity index is 508. The van der Waals surface area contributed by atoms with Crippen LogP contribution in [-0.4, -0.2) is 18.5 Å². The minimum absolute atomic E-state index is 0.395. The van der Waals surface area contributed by atoms with E-state index in [2.05, 4.69) is 24.2 Å². The summed E-state index contributed by atoms with van der Waals surface area (Å²) < 4.78 is 5.57. The third kappa shape index (κ3) is 2.70. The number of rotatable bonds is 4. The van der Waals surface area contributed by atoms with Crippen molar-refractivity contribution in [3.05, 3.63) is 29.8 Å². The van der Waals surface area contributed by atoms with Gasteiger partial charge < -0.3 is 15.2 Å². The molecule has 0 saturated carbocycles. The highest BCUT2D eigenvalue weighted by atomic mass is 16.5. The van der Waals surface area contributed by atoms with Crippen molar-refractivity contribution in [1.82, 2.24) is 5.32 Å². The monoisotopic (exact) mass is 261 g/mol. The predicted octanol–water partition coefficient (Wildman–Crippen LogP) is 0.783. The van der Waals surface area contributed by atoms with Crippen LogP contribution in [0.4, 0.5) is 0 Å². The highest BCUT2D eigenvalue weighted by Crippen LogP contribution is 2.29. The lowest BCUT2D eigenvalue weighted by molar-refractivity contribution is -0.220. The summed E-state index contributed by atoms with van der Waals surface area (Å²) >= 11 is 0. The van der Waals surface area contributed by atoms with Crippen LogP contribution in [0.25, 0.3) is 0 Å². The molecule has 1 N–H and O–H groups in total. The van der Waals surface area contributed by atoms with Gasteiger partial charge >= 0.3 is 0 Å². The molecular formula is C14H17N2O3-. The van der Waals surface area contributed by atoms with Crippen LogP contribution in [0.15, 0.2) is 29.3 Å². The number of nitrogens with zero attached hydrogens (tertiary/aromatic N) is 1. The second-order valence-electron chi connectivity index (χ2n) is 5.17. The summed E-state index contributed by atoms with van der Waals surface area (Å²) in [5.74, 6) is 0.796. The van der Waals surface area contributed by atoms with Gasteiger partial charge in [0.2, 0.25) is 0 Å². The van der Waals surface area contributed by atoms with Crippen LogP contribution >= 0.6 is 0 Å². The highest BCUT2D eigenvalue weighted by Gasteiger charge is 2.38. The largest absolute Gasteiger partial charge is 0.846 e. The Kier molecular flexibility index (Phi) is 3.46. The van der Waals surface area contributed by atoms with E-state index in [1.165, 1.54) is 0 Å². The van der Waals surface area contributed by atoms with Crippen molar-refractivity contribution in [2.75, 3.05) is 6.61 Å². The fourth-order valence-electron chi connectivity index (χ4n) is 1.83. The van der Waals surface area contributed by atoms with E-state index >= 15 is 0 Å². The minimum atomic E-state index is -1.13. The fourth-order valence-corrected chi connectivity index (χ4v) is 1.83. The zero-order chi connectivity index (χ0) is 14.0. The number of benzene rings is 1. The van der Waals surface area contributed by atoms with E-state index in [1.807, 2.05) is 0 Å². The number of amides is 1. The molecule has 5 nitrogen and oxygen atoms in total. The molecular weight excluding hydrogens is 244 g/mol. The predicted molar refractivity (Wildman–Crippen MR) is 69.7 cm³/mol. The van der Waals surface area contributed by atoms with Gasteiger partial charge in [0.15, 0.2) is 5.54 Å². The van der Waals surface area contributed by atoms with Gasteiger partial charge in [-0.3, -0.25) is 9.79 Å². The van der Waals surface area contributed by atoms with E-state index in [9.17, 15) is 9.90 Å². The van der Waals surface area contributed by atoms with Gasteiger partial charge in [-0.25, -0.2) is 0 Å². The molecule has 0 fully saturated rings. The van der Waals surface area contributed by atoms with Gasteiger partial charge in [0.05, 0.1) is 12.6 Å². The van der Waals surface area contributed by atoms with Gasteiger partial charge in [-0.15, -0.1) is 0 Å². The van der Waals surface area contributed by atoms with Gasteiger partial charge in [0, 0.05) is 0 Å². The molecule has 0 radical (unpaired) electrons. The smallest absolute Gasteiger partial charge is 0.256 e. The molecule has 1 amide bonds. The average Bonchev–Trinajstić information content (AvgIpc) is 2.62. The quantitative estimate of drug-likeness (QED) is 0.870. The van der Waals surface area contributed by atoms with Crippen molar-refractivity contribution in [1.29, 1.82) is 0 Å². The Hall–Kier alpha value is -2.04. The van der Waals surface area contributed by atoms with Crippen molar-refractivity contribution >= 4 is 11.9 Å². The molecule has 5 heteroatoms. The maximum atomic E-state index is 11.7. The summed E-state index contributed by atoms with van der Waals surface area (Å²) in [7, 11) is 0. The molecule has 1 aliphatic rings. The molecule has 1 unspecified atom stereocenters. The molecule has 0 spiro atoms. The standard InChI is InChI=1S/C14H18N2O3/c1-9(2)8-19-11-6-4-10(5-7-11)14(3)12(17)15-13(18)16-14/h4-7,9H,8H2,1-3H3,(H2,15,16,17,18)/p-1. The summed E-state index contributed by atoms with van der Waals surface area (Å²) in [5.41, 5.74) is -0.457. The van der Waals surface area contributed by atoms with Crippen molar-refractivity contribution in [2.24, 2.45) is 10.9 Å². The van der Waals surface area contributed by atoms with Gasteiger partial charge in [0.1, 0.15) is 5.75 Å². The van der Waals surface area contributed by atoms with E-state index in [1.54, 1.807) is 31.2 Å². The SMILES string of the molecule is CC(C)COc1ccc(C2(C)N=C([O-])NC2=O)cc1. The highest BCUT2D eigenvalue weighted by molar-refractivity contribution is 6.04. The molecule has 1 atom stereocenters. The third-order valence-electron chi connectivity index (χ3n) is 2.99. The number of ether oxygens (including phenoxy) is 1. The maximum absolute atomic E-state index is 11.7. The lowest BCUT2D eigenvalue weighted by Gasteiger charge is -2.19. The Morgan fingerprint density at radius 3 is 2.47 bits per heavy atom. The molecule has 1 heterocycles. The summed E-state index contributed by atoms with van der Waals surface area (Å²) in [4.78, 5) is 15.6. The maximum Gasteiger partial charge on any atom is 0.256 e. The molecule has 0 aromatic heterocycles. The number of carbonyl (C=O) groups is 1. The number of carbonyl (C=O) groups excluding carboxylic acids is 1. The van der Waals surface area contributed by atoms with Crippen molar-refractivity contribution in [3.8, 4) is 5.75 Å². The van der Waals surface area contributed by atoms with E-state index in [0.717, 1.165) is 5.75 Å². The first-order chi connectivity index (χ1) is 8.91. The zero-order valence-corrected chi connectivity index (χ0v) is 11.3. The summed E-state index contributed by atoms with van der Waals surface area (Å²) in [6.45, 7) is 6.41. The zero-order valence-electron chi connectivity index (χ0n) is 11.3. The van der Waals surface area contributed by atoms with Crippen molar-refractivity contribution in [3.63, 3.8) is 0 Å². The lowest BCUT2D eigenvalue weighted by Crippen LogP contribution is -2.38. The molecule has 102 valence electrons. The van der Waals surface area contributed by atoms with Gasteiger partial charge in [-0.2, -0.15) is 0 Å². The fraction of sp³-hybridized carbons (Fsp3) is 0.429. The van der Waals surface area contributed by atoms with E-state index < -0.39 is 17.5 Å². The van der Waals surface area contributed by atoms with Crippen LogP contribution < -0.4 is 15.2 Å². The van der Waals surface area contributed by atoms with Crippen LogP contribution in [0.3, 0.4) is 0 Å². The van der Waals surface area contributed by atoms with Crippen molar-refractivity contribution < 1.29 is 14.6 Å². The second kappa shape index (κ2) is 4.91. The van der Waals surface area contributed by atoms with Gasteiger partial charge in [-0.05, 0) is 30.5 Å². The molecule has 1 aliphatic heterocycles. The normalized spacial score (nSPS) is 22.3. The summed E-state index contributed by atoms with van der Waals surface area (Å²) in [6, 6.07) is 6.50. The Labute approximate surface area is 112 Å². The van der Waals surface area contributed by atoms with Crippen LogP contribution in [0.1, 0.15) is 26.3 Å². The Morgan fingerprint density at radius 2 is 2.00 bits per heavy atom. The summed E-state index contributed by atoms with van der Waals surface area (Å²) in [5, 5.41) is 13.3. The number of amidine groups is 1. The number of hydrogen-bond donors (Lipinski definition) is 1. The molecule has 1 aromatic carbocycles. The van der Waals surface area contributed by atoms with Crippen LogP contribution in [-0.2, 0) is 10.3 Å². The number of aliphatic imine (C=N–C) groups is 1. The second-order valence-corrected chi connectivity index (χ2v) is 5.17. The van der Waals surface area contributed by atoms with E-state index in [-0.39, 0.29) is 0 Å². The lowest BCUT2D eigenvalue weighted by atomic mass is 9.92. The van der Waals surface area contributed by atoms with Crippen molar-refractivity contribution in [2.45, 2.75) is 26.3 Å². The van der Waals surface area contributed by atoms with Crippen LogP contribution in [0.2, 0.25) is 0 Å². The number of hydrogen-bond acceptors (Lipinski definition) is 4. The first-order valence-electron chi connectivity index (χ1n) is 6.23. The first-order valence-corrected chi connectivity index (χ1v) is 6.23. The van der Waals surface area contributed by atoms with E-state index in [0.29, 0.717) is 18.1 Å². The topological polar surface area (TPSA) is 73.8 Å². The number of nitrogens with one attached hydrogen (secondary N) is 1. The molecule has 0 bridgehead atoms. The van der Waals surface area contributed by atoms with Crippen LogP contribution in [0, 0.1) is 5.92 Å². The first kappa shape index (κ1) is 13.4. The molecule has 0 saturated heterocycles. The third-order valence-corrected chi connectivity index (χ3v) is 2.99. The Morgan fingerprint density at radius 1 is 1.37 bits per heavy atom. The Balaban J connectivity index is 2.17. The molecule has 0 aliphatic carbocycles. The average molecular weight is 261 g/mol. The molecule has 2 rings (SSSR count). The molecule has 19 heavy (non-hydrogen) atoms. The van der Waals surface area contributed by atoms with Crippen LogP contribution in [0.5, 0.6) is 5.75 Å². The van der Waals surface area contributed by atoms with E-state index in [4.69, 9.17) is 4.74 Å². The van der Waals surface area contributed by atoms with Gasteiger partial charge in [-0.1, -0.05) is 26.0 Å².